The van der Waals surface area contributed by atoms with Crippen LogP contribution in [0.2, 0.25) is 0 Å². The lowest BCUT2D eigenvalue weighted by Gasteiger charge is -2.33. The predicted octanol–water partition coefficient (Wildman–Crippen LogP) is 3.30. The molecule has 1 atom stereocenters. The lowest BCUT2D eigenvalue weighted by molar-refractivity contribution is 0.171. The molecular formula is C21H25BrN6O4S2. The van der Waals surface area contributed by atoms with Crippen LogP contribution in [0, 0.1) is 0 Å². The molecular weight excluding hydrogens is 544 g/mol. The lowest BCUT2D eigenvalue weighted by atomic mass is 10.0. The number of imidazole rings is 1. The van der Waals surface area contributed by atoms with Gasteiger partial charge < -0.3 is 19.8 Å². The van der Waals surface area contributed by atoms with E-state index in [9.17, 15) is 8.42 Å². The molecule has 1 saturated heterocycles. The number of nitrogens with two attached hydrogens (primary N) is 1. The highest BCUT2D eigenvalue weighted by Crippen LogP contribution is 2.42. The average Bonchev–Trinajstić information content (AvgIpc) is 3.16. The highest BCUT2D eigenvalue weighted by Gasteiger charge is 2.30. The number of benzene rings is 1. The second-order valence-electron chi connectivity index (χ2n) is 8.32. The molecule has 10 nitrogen and oxygen atoms in total. The van der Waals surface area contributed by atoms with Gasteiger partial charge in [0.15, 0.2) is 33.6 Å². The first-order valence-electron chi connectivity index (χ1n) is 11.0. The number of hydrogen-bond donors (Lipinski definition) is 1. The van der Waals surface area contributed by atoms with E-state index in [0.29, 0.717) is 66.4 Å². The topological polar surface area (TPSA) is 125 Å². The maximum atomic E-state index is 12.3. The van der Waals surface area contributed by atoms with Gasteiger partial charge in [-0.3, -0.25) is 0 Å². The van der Waals surface area contributed by atoms with Crippen LogP contribution in [0.3, 0.4) is 0 Å². The van der Waals surface area contributed by atoms with Gasteiger partial charge in [-0.15, -0.1) is 0 Å². The number of aryl methyl sites for hydroxylation is 1. The van der Waals surface area contributed by atoms with Crippen molar-refractivity contribution in [3.63, 3.8) is 0 Å². The van der Waals surface area contributed by atoms with Crippen molar-refractivity contribution in [2.45, 2.75) is 48.3 Å². The Bertz CT molecular complexity index is 1330. The summed E-state index contributed by atoms with van der Waals surface area (Å²) in [5, 5.41) is 0.696. The van der Waals surface area contributed by atoms with Crippen LogP contribution in [0.5, 0.6) is 11.5 Å². The Morgan fingerprint density at radius 3 is 2.74 bits per heavy atom. The molecule has 0 bridgehead atoms. The second-order valence-corrected chi connectivity index (χ2v) is 12.1. The summed E-state index contributed by atoms with van der Waals surface area (Å²) in [5.41, 5.74) is 7.26. The molecule has 34 heavy (non-hydrogen) atoms. The first-order valence-corrected chi connectivity index (χ1v) is 14.5. The number of hydrogen-bond acceptors (Lipinski definition) is 9. The van der Waals surface area contributed by atoms with Crippen LogP contribution < -0.4 is 15.2 Å². The Kier molecular flexibility index (Phi) is 6.62. The van der Waals surface area contributed by atoms with Crippen LogP contribution in [-0.4, -0.2) is 64.3 Å². The third-order valence-electron chi connectivity index (χ3n) is 6.01. The van der Waals surface area contributed by atoms with E-state index < -0.39 is 10.0 Å². The van der Waals surface area contributed by atoms with E-state index in [0.717, 1.165) is 28.6 Å². The summed E-state index contributed by atoms with van der Waals surface area (Å²) in [4.78, 5) is 14.2. The van der Waals surface area contributed by atoms with Crippen molar-refractivity contribution in [2.75, 3.05) is 31.7 Å². The van der Waals surface area contributed by atoms with E-state index in [-0.39, 0.29) is 6.04 Å². The Labute approximate surface area is 210 Å². The largest absolute Gasteiger partial charge is 0.486 e. The zero-order valence-corrected chi connectivity index (χ0v) is 21.8. The number of halogens is 1. The Balaban J connectivity index is 1.48. The number of piperidine rings is 1. The van der Waals surface area contributed by atoms with Gasteiger partial charge in [0.1, 0.15) is 19.5 Å². The molecule has 1 unspecified atom stereocenters. The molecule has 182 valence electrons. The number of fused-ring (bicyclic) bond motifs is 2. The molecule has 1 fully saturated rings. The highest BCUT2D eigenvalue weighted by atomic mass is 79.9. The third-order valence-corrected chi connectivity index (χ3v) is 9.31. The monoisotopic (exact) mass is 568 g/mol. The number of nitrogens with zero attached hydrogens (tertiary/aromatic N) is 5. The minimum absolute atomic E-state index is 0.0562. The second kappa shape index (κ2) is 9.51. The first-order chi connectivity index (χ1) is 16.3. The van der Waals surface area contributed by atoms with Crippen molar-refractivity contribution in [3.8, 4) is 11.5 Å². The van der Waals surface area contributed by atoms with Crippen molar-refractivity contribution >= 4 is 54.7 Å². The highest BCUT2D eigenvalue weighted by molar-refractivity contribution is 9.10. The molecule has 0 aliphatic carbocycles. The Morgan fingerprint density at radius 1 is 1.21 bits per heavy atom. The fourth-order valence-electron chi connectivity index (χ4n) is 4.41. The molecule has 2 N–H and O–H groups in total. The Hall–Kier alpha value is -2.09. The van der Waals surface area contributed by atoms with E-state index in [2.05, 4.69) is 25.9 Å². The van der Waals surface area contributed by atoms with Gasteiger partial charge in [0.25, 0.3) is 0 Å². The summed E-state index contributed by atoms with van der Waals surface area (Å²) in [7, 11) is -3.26. The van der Waals surface area contributed by atoms with Gasteiger partial charge in [-0.05, 0) is 47.3 Å². The van der Waals surface area contributed by atoms with Crippen molar-refractivity contribution in [1.29, 1.82) is 0 Å². The smallest absolute Gasteiger partial charge is 0.211 e. The van der Waals surface area contributed by atoms with Crippen LogP contribution in [0.25, 0.3) is 11.2 Å². The minimum atomic E-state index is -3.26. The number of anilines is 1. The van der Waals surface area contributed by atoms with Crippen molar-refractivity contribution < 1.29 is 17.9 Å². The van der Waals surface area contributed by atoms with Crippen LogP contribution in [-0.2, 0) is 16.6 Å². The fraction of sp³-hybridized carbons (Fsp3) is 0.476. The zero-order valence-electron chi connectivity index (χ0n) is 18.6. The zero-order chi connectivity index (χ0) is 23.9. The predicted molar refractivity (Wildman–Crippen MR) is 133 cm³/mol. The number of ether oxygens (including phenoxy) is 2. The number of sulfonamides is 1. The molecule has 13 heteroatoms. The first kappa shape index (κ1) is 23.6. The Morgan fingerprint density at radius 2 is 1.97 bits per heavy atom. The van der Waals surface area contributed by atoms with Crippen LogP contribution in [0.1, 0.15) is 25.7 Å². The van der Waals surface area contributed by atoms with Crippen molar-refractivity contribution in [1.82, 2.24) is 23.8 Å². The number of aromatic nitrogens is 4. The summed E-state index contributed by atoms with van der Waals surface area (Å²) < 4.78 is 40.5. The van der Waals surface area contributed by atoms with E-state index in [1.54, 1.807) is 4.31 Å². The third kappa shape index (κ3) is 4.70. The van der Waals surface area contributed by atoms with Crippen molar-refractivity contribution in [3.05, 3.63) is 22.9 Å². The summed E-state index contributed by atoms with van der Waals surface area (Å²) in [6.07, 6.45) is 6.11. The molecule has 2 aliphatic heterocycles. The average molecular weight is 570 g/mol. The molecule has 0 spiro atoms. The van der Waals surface area contributed by atoms with Crippen LogP contribution >= 0.6 is 27.7 Å². The van der Waals surface area contributed by atoms with Crippen molar-refractivity contribution in [2.24, 2.45) is 0 Å². The molecule has 2 aromatic heterocycles. The minimum Gasteiger partial charge on any atom is -0.486 e. The van der Waals surface area contributed by atoms with Gasteiger partial charge >= 0.3 is 0 Å². The summed E-state index contributed by atoms with van der Waals surface area (Å²) >= 11 is 5.08. The molecule has 0 amide bonds. The normalized spacial score (nSPS) is 18.9. The summed E-state index contributed by atoms with van der Waals surface area (Å²) in [6.45, 7) is 2.14. The molecule has 4 heterocycles. The lowest BCUT2D eigenvalue weighted by Crippen LogP contribution is -2.43. The van der Waals surface area contributed by atoms with Gasteiger partial charge in [-0.1, -0.05) is 18.2 Å². The fourth-order valence-corrected chi connectivity index (χ4v) is 7.13. The molecule has 5 rings (SSSR count). The quantitative estimate of drug-likeness (QED) is 0.476. The summed E-state index contributed by atoms with van der Waals surface area (Å²) in [5.74, 6) is 1.69. The molecule has 1 aromatic carbocycles. The van der Waals surface area contributed by atoms with Gasteiger partial charge in [-0.2, -0.15) is 4.31 Å². The van der Waals surface area contributed by atoms with E-state index >= 15 is 0 Å². The van der Waals surface area contributed by atoms with Gasteiger partial charge in [0.2, 0.25) is 10.0 Å². The maximum Gasteiger partial charge on any atom is 0.211 e. The van der Waals surface area contributed by atoms with E-state index in [1.165, 1.54) is 24.3 Å². The SMILES string of the molecule is CS(=O)(=O)N1CCCCC1CCn1c(Sc2cc3c(cc2Br)OCCO3)nc2c(N)ncnc21. The van der Waals surface area contributed by atoms with E-state index in [4.69, 9.17) is 20.2 Å². The summed E-state index contributed by atoms with van der Waals surface area (Å²) in [6, 6.07) is 3.76. The van der Waals surface area contributed by atoms with Gasteiger partial charge in [0, 0.05) is 28.5 Å². The van der Waals surface area contributed by atoms with E-state index in [1.807, 2.05) is 16.7 Å². The van der Waals surface area contributed by atoms with Crippen LogP contribution in [0.15, 0.2) is 33.0 Å². The molecule has 0 saturated carbocycles. The van der Waals surface area contributed by atoms with Crippen LogP contribution in [0.4, 0.5) is 5.82 Å². The standard InChI is InChI=1S/C21H25BrN6O4S2/c1-34(29,30)28-6-3-2-4-13(28)5-7-27-20-18(19(23)24-12-25-20)26-21(27)33-17-11-16-15(10-14(17)22)31-8-9-32-16/h10-13H,2-9H2,1H3,(H2,23,24,25). The molecule has 2 aliphatic rings. The molecule has 3 aromatic rings. The van der Waals surface area contributed by atoms with Gasteiger partial charge in [0.05, 0.1) is 6.26 Å². The number of rotatable bonds is 6. The maximum absolute atomic E-state index is 12.3. The number of nitrogen functional groups attached to an aromatic ring is 1. The molecule has 0 radical (unpaired) electrons. The van der Waals surface area contributed by atoms with Gasteiger partial charge in [-0.25, -0.2) is 23.4 Å².